The summed E-state index contributed by atoms with van der Waals surface area (Å²) in [5.41, 5.74) is 1.52. The molecule has 0 atom stereocenters. The third-order valence-electron chi connectivity index (χ3n) is 4.94. The van der Waals surface area contributed by atoms with Gasteiger partial charge >= 0.3 is 0 Å². The van der Waals surface area contributed by atoms with Gasteiger partial charge in [-0.1, -0.05) is 12.1 Å². The maximum atomic E-state index is 12.4. The summed E-state index contributed by atoms with van der Waals surface area (Å²) in [5.74, 6) is 0.245. The summed E-state index contributed by atoms with van der Waals surface area (Å²) in [6, 6.07) is 10.9. The fourth-order valence-electron chi connectivity index (χ4n) is 3.32. The Morgan fingerprint density at radius 1 is 1.07 bits per heavy atom. The van der Waals surface area contributed by atoms with Gasteiger partial charge in [0.1, 0.15) is 12.4 Å². The largest absolute Gasteiger partial charge is 0.368 e. The monoisotopic (exact) mass is 378 g/mol. The molecule has 0 spiro atoms. The number of carbonyl (C=O) groups is 1. The summed E-state index contributed by atoms with van der Waals surface area (Å²) >= 11 is 0. The summed E-state index contributed by atoms with van der Waals surface area (Å²) < 4.78 is 1.52. The van der Waals surface area contributed by atoms with E-state index in [0.29, 0.717) is 16.7 Å². The standard InChI is InChI=1S/C20H22N6O2/c1-24-8-10-25(11-9-24)15-6-7-19(21-12-15)23-20(28)14-26-17-5-3-2-4-16(17)18(27)13-22-26/h2-7,12-13H,8-11,14H2,1H3,(H,21,23,28). The number of hydrogen-bond acceptors (Lipinski definition) is 6. The van der Waals surface area contributed by atoms with E-state index in [-0.39, 0.29) is 17.9 Å². The Morgan fingerprint density at radius 3 is 2.61 bits per heavy atom. The Hall–Kier alpha value is -3.26. The van der Waals surface area contributed by atoms with E-state index >= 15 is 0 Å². The lowest BCUT2D eigenvalue weighted by molar-refractivity contribution is -0.116. The molecule has 1 aliphatic rings. The van der Waals surface area contributed by atoms with Crippen molar-refractivity contribution in [3.05, 3.63) is 59.0 Å². The van der Waals surface area contributed by atoms with Gasteiger partial charge in [-0.15, -0.1) is 0 Å². The molecular formula is C20H22N6O2. The molecule has 0 bridgehead atoms. The Bertz CT molecular complexity index is 1040. The Kier molecular flexibility index (Phi) is 5.03. The van der Waals surface area contributed by atoms with Crippen LogP contribution in [0.15, 0.2) is 53.6 Å². The predicted octanol–water partition coefficient (Wildman–Crippen LogP) is 1.18. The molecule has 3 heterocycles. The molecule has 1 aliphatic heterocycles. The average Bonchev–Trinajstić information content (AvgIpc) is 2.72. The van der Waals surface area contributed by atoms with Gasteiger partial charge in [0, 0.05) is 31.6 Å². The minimum absolute atomic E-state index is 0.00266. The number of aromatic nitrogens is 3. The van der Waals surface area contributed by atoms with E-state index in [0.717, 1.165) is 31.9 Å². The number of amides is 1. The fraction of sp³-hybridized carbons (Fsp3) is 0.300. The molecule has 4 rings (SSSR count). The molecule has 3 aromatic rings. The van der Waals surface area contributed by atoms with Crippen molar-refractivity contribution in [1.82, 2.24) is 19.7 Å². The van der Waals surface area contributed by atoms with Crippen LogP contribution in [-0.4, -0.2) is 58.8 Å². The zero-order chi connectivity index (χ0) is 19.5. The SMILES string of the molecule is CN1CCN(c2ccc(NC(=O)Cn3ncc(=O)c4ccccc43)nc2)CC1. The highest BCUT2D eigenvalue weighted by molar-refractivity contribution is 5.90. The number of pyridine rings is 1. The number of fused-ring (bicyclic) bond motifs is 1. The van der Waals surface area contributed by atoms with Gasteiger partial charge in [-0.25, -0.2) is 4.98 Å². The van der Waals surface area contributed by atoms with E-state index < -0.39 is 0 Å². The molecule has 1 saturated heterocycles. The van der Waals surface area contributed by atoms with E-state index in [1.807, 2.05) is 18.2 Å². The topological polar surface area (TPSA) is 83.4 Å². The van der Waals surface area contributed by atoms with Gasteiger partial charge in [0.15, 0.2) is 0 Å². The first kappa shape index (κ1) is 18.1. The van der Waals surface area contributed by atoms with Crippen LogP contribution in [0, 0.1) is 0 Å². The third kappa shape index (κ3) is 3.86. The lowest BCUT2D eigenvalue weighted by atomic mass is 10.2. The Morgan fingerprint density at radius 2 is 1.86 bits per heavy atom. The lowest BCUT2D eigenvalue weighted by Gasteiger charge is -2.33. The second-order valence-corrected chi connectivity index (χ2v) is 6.92. The van der Waals surface area contributed by atoms with Crippen molar-refractivity contribution in [2.24, 2.45) is 0 Å². The second kappa shape index (κ2) is 7.77. The number of likely N-dealkylation sites (N-methyl/N-ethyl adjacent to an activating group) is 1. The number of rotatable bonds is 4. The van der Waals surface area contributed by atoms with Crippen LogP contribution in [0.5, 0.6) is 0 Å². The summed E-state index contributed by atoms with van der Waals surface area (Å²) in [5, 5.41) is 7.41. The first-order chi connectivity index (χ1) is 13.6. The molecule has 1 N–H and O–H groups in total. The number of para-hydroxylation sites is 1. The van der Waals surface area contributed by atoms with Crippen molar-refractivity contribution in [1.29, 1.82) is 0 Å². The molecule has 0 radical (unpaired) electrons. The quantitative estimate of drug-likeness (QED) is 0.734. The molecule has 8 heteroatoms. The molecule has 1 aromatic carbocycles. The minimum atomic E-state index is -0.249. The summed E-state index contributed by atoms with van der Waals surface area (Å²) in [6.07, 6.45) is 3.02. The second-order valence-electron chi connectivity index (χ2n) is 6.92. The predicted molar refractivity (Wildman–Crippen MR) is 109 cm³/mol. The van der Waals surface area contributed by atoms with Crippen LogP contribution in [0.4, 0.5) is 11.5 Å². The number of nitrogens with zero attached hydrogens (tertiary/aromatic N) is 5. The lowest BCUT2D eigenvalue weighted by Crippen LogP contribution is -2.44. The Balaban J connectivity index is 1.43. The number of piperazine rings is 1. The molecule has 0 unspecified atom stereocenters. The average molecular weight is 378 g/mol. The van der Waals surface area contributed by atoms with Crippen LogP contribution >= 0.6 is 0 Å². The number of benzene rings is 1. The smallest absolute Gasteiger partial charge is 0.247 e. The van der Waals surface area contributed by atoms with E-state index in [1.54, 1.807) is 24.4 Å². The highest BCUT2D eigenvalue weighted by Gasteiger charge is 2.15. The van der Waals surface area contributed by atoms with Crippen molar-refractivity contribution < 1.29 is 4.79 Å². The zero-order valence-electron chi connectivity index (χ0n) is 15.7. The highest BCUT2D eigenvalue weighted by atomic mass is 16.2. The summed E-state index contributed by atoms with van der Waals surface area (Å²) in [7, 11) is 2.12. The highest BCUT2D eigenvalue weighted by Crippen LogP contribution is 2.17. The van der Waals surface area contributed by atoms with Gasteiger partial charge in [-0.05, 0) is 31.3 Å². The molecule has 1 fully saturated rings. The van der Waals surface area contributed by atoms with Crippen LogP contribution in [0.2, 0.25) is 0 Å². The van der Waals surface area contributed by atoms with Crippen LogP contribution < -0.4 is 15.6 Å². The van der Waals surface area contributed by atoms with E-state index in [2.05, 4.69) is 32.2 Å². The number of carbonyl (C=O) groups excluding carboxylic acids is 1. The van der Waals surface area contributed by atoms with Gasteiger partial charge in [0.05, 0.1) is 23.6 Å². The molecule has 8 nitrogen and oxygen atoms in total. The molecule has 0 aliphatic carbocycles. The van der Waals surface area contributed by atoms with Gasteiger partial charge in [0.25, 0.3) is 0 Å². The normalized spacial score (nSPS) is 15.0. The molecule has 0 saturated carbocycles. The van der Waals surface area contributed by atoms with Crippen molar-refractivity contribution in [3.8, 4) is 0 Å². The van der Waals surface area contributed by atoms with Crippen molar-refractivity contribution in [3.63, 3.8) is 0 Å². The van der Waals surface area contributed by atoms with Crippen LogP contribution in [0.1, 0.15) is 0 Å². The maximum absolute atomic E-state index is 12.4. The molecule has 1 amide bonds. The van der Waals surface area contributed by atoms with E-state index in [9.17, 15) is 9.59 Å². The minimum Gasteiger partial charge on any atom is -0.368 e. The van der Waals surface area contributed by atoms with Crippen molar-refractivity contribution in [2.75, 3.05) is 43.4 Å². The zero-order valence-corrected chi connectivity index (χ0v) is 15.7. The van der Waals surface area contributed by atoms with Crippen LogP contribution in [-0.2, 0) is 11.3 Å². The van der Waals surface area contributed by atoms with E-state index in [1.165, 1.54) is 10.9 Å². The van der Waals surface area contributed by atoms with Crippen molar-refractivity contribution >= 4 is 28.3 Å². The molecule has 144 valence electrons. The van der Waals surface area contributed by atoms with Crippen molar-refractivity contribution in [2.45, 2.75) is 6.54 Å². The van der Waals surface area contributed by atoms with Gasteiger partial charge < -0.3 is 15.1 Å². The first-order valence-corrected chi connectivity index (χ1v) is 9.24. The first-order valence-electron chi connectivity index (χ1n) is 9.24. The summed E-state index contributed by atoms with van der Waals surface area (Å²) in [4.78, 5) is 33.3. The number of anilines is 2. The molecule has 2 aromatic heterocycles. The van der Waals surface area contributed by atoms with Gasteiger partial charge in [-0.3, -0.25) is 14.3 Å². The fourth-order valence-corrected chi connectivity index (χ4v) is 3.32. The van der Waals surface area contributed by atoms with E-state index in [4.69, 9.17) is 0 Å². The van der Waals surface area contributed by atoms with Crippen LogP contribution in [0.3, 0.4) is 0 Å². The van der Waals surface area contributed by atoms with Gasteiger partial charge in [0.2, 0.25) is 11.3 Å². The Labute approximate surface area is 162 Å². The maximum Gasteiger partial charge on any atom is 0.247 e. The summed E-state index contributed by atoms with van der Waals surface area (Å²) in [6.45, 7) is 3.99. The molecule has 28 heavy (non-hydrogen) atoms. The number of hydrogen-bond donors (Lipinski definition) is 1. The third-order valence-corrected chi connectivity index (χ3v) is 4.94. The van der Waals surface area contributed by atoms with Crippen LogP contribution in [0.25, 0.3) is 10.9 Å². The molecular weight excluding hydrogens is 356 g/mol. The van der Waals surface area contributed by atoms with Gasteiger partial charge in [-0.2, -0.15) is 5.10 Å². The number of nitrogens with one attached hydrogen (secondary N) is 1.